The van der Waals surface area contributed by atoms with Crippen molar-refractivity contribution in [1.82, 2.24) is 14.5 Å². The molecule has 1 aliphatic rings. The van der Waals surface area contributed by atoms with E-state index in [1.54, 1.807) is 0 Å². The van der Waals surface area contributed by atoms with Gasteiger partial charge in [0.25, 0.3) is 5.69 Å². The number of carbonyl (C=O) groups excluding carboxylic acids is 1. The molecule has 50 heavy (non-hydrogen) atoms. The summed E-state index contributed by atoms with van der Waals surface area (Å²) in [6, 6.07) is 21.4. The molecule has 0 saturated heterocycles. The van der Waals surface area contributed by atoms with Crippen LogP contribution in [0.3, 0.4) is 0 Å². The smallest absolute Gasteiger partial charge is 0.407 e. The number of sulfonamides is 1. The van der Waals surface area contributed by atoms with Gasteiger partial charge in [-0.25, -0.2) is 13.2 Å². The number of rotatable bonds is 19. The van der Waals surface area contributed by atoms with Crippen LogP contribution >= 0.6 is 0 Å². The van der Waals surface area contributed by atoms with E-state index in [1.165, 1.54) is 23.5 Å². The van der Waals surface area contributed by atoms with Crippen molar-refractivity contribution >= 4 is 27.7 Å². The minimum atomic E-state index is -4.10. The average Bonchev–Trinajstić information content (AvgIpc) is 3.95. The summed E-state index contributed by atoms with van der Waals surface area (Å²) in [5, 5.41) is 34.9. The number of nitrogens with zero attached hydrogens (tertiary/aromatic N) is 3. The second kappa shape index (κ2) is 17.6. The number of hydrogen-bond donors (Lipinski definition) is 3. The molecule has 1 fully saturated rings. The minimum absolute atomic E-state index is 0.0894. The van der Waals surface area contributed by atoms with Crippen molar-refractivity contribution in [2.24, 2.45) is 11.8 Å². The van der Waals surface area contributed by atoms with Crippen molar-refractivity contribution in [3.05, 3.63) is 106 Å². The molecule has 270 valence electrons. The fraction of sp³-hybridized carbons (Fsp3) is 0.459. The first kappa shape index (κ1) is 38.5. The van der Waals surface area contributed by atoms with Gasteiger partial charge in [0.1, 0.15) is 6.04 Å². The molecule has 3 aromatic carbocycles. The molecule has 0 aromatic heterocycles. The molecule has 12 nitrogen and oxygen atoms in total. The SMILES string of the molecule is CC(C)CCN([C@H](CO)CCC[C@@H](NC(=O)[C@H](C(c1ccccc1)c1ccccc1)N(C)C(=O)O)C1CC1)S(=O)(=O)c1ccc([N+](=O)[O-])cc1. The molecule has 0 aliphatic heterocycles. The number of hydrogen-bond acceptors (Lipinski definition) is 7. The van der Waals surface area contributed by atoms with Crippen molar-refractivity contribution in [2.75, 3.05) is 20.2 Å². The van der Waals surface area contributed by atoms with Crippen LogP contribution < -0.4 is 5.32 Å². The Morgan fingerprint density at radius 3 is 1.94 bits per heavy atom. The number of nitro benzene ring substituents is 1. The molecule has 1 saturated carbocycles. The van der Waals surface area contributed by atoms with Crippen LogP contribution in [0.4, 0.5) is 10.5 Å². The van der Waals surface area contributed by atoms with Gasteiger partial charge in [-0.2, -0.15) is 4.31 Å². The summed E-state index contributed by atoms with van der Waals surface area (Å²) in [6.45, 7) is 3.69. The maximum absolute atomic E-state index is 14.2. The third-order valence-corrected chi connectivity index (χ3v) is 11.4. The van der Waals surface area contributed by atoms with Gasteiger partial charge >= 0.3 is 6.09 Å². The monoisotopic (exact) mass is 708 g/mol. The van der Waals surface area contributed by atoms with Gasteiger partial charge in [-0.15, -0.1) is 0 Å². The van der Waals surface area contributed by atoms with Crippen LogP contribution in [0.1, 0.15) is 69.4 Å². The lowest BCUT2D eigenvalue weighted by molar-refractivity contribution is -0.384. The van der Waals surface area contributed by atoms with Crippen LogP contribution in [0.15, 0.2) is 89.8 Å². The molecule has 1 aliphatic carbocycles. The van der Waals surface area contributed by atoms with Gasteiger partial charge < -0.3 is 15.5 Å². The van der Waals surface area contributed by atoms with Crippen LogP contribution in [0.25, 0.3) is 0 Å². The van der Waals surface area contributed by atoms with E-state index in [-0.39, 0.29) is 35.0 Å². The van der Waals surface area contributed by atoms with E-state index in [1.807, 2.05) is 74.5 Å². The zero-order valence-corrected chi connectivity index (χ0v) is 29.6. The lowest BCUT2D eigenvalue weighted by Gasteiger charge is -2.34. The first-order valence-corrected chi connectivity index (χ1v) is 18.5. The van der Waals surface area contributed by atoms with Gasteiger partial charge in [0.2, 0.25) is 15.9 Å². The van der Waals surface area contributed by atoms with Gasteiger partial charge in [-0.3, -0.25) is 19.8 Å². The number of amides is 2. The average molecular weight is 709 g/mol. The molecule has 0 radical (unpaired) electrons. The zero-order valence-electron chi connectivity index (χ0n) is 28.8. The van der Waals surface area contributed by atoms with Crippen LogP contribution in [-0.2, 0) is 14.8 Å². The second-order valence-corrected chi connectivity index (χ2v) is 15.3. The van der Waals surface area contributed by atoms with Crippen LogP contribution in [0, 0.1) is 22.0 Å². The molecule has 0 heterocycles. The van der Waals surface area contributed by atoms with E-state index >= 15 is 0 Å². The Balaban J connectivity index is 1.54. The largest absolute Gasteiger partial charge is 0.465 e. The molecule has 4 rings (SSSR count). The number of carbonyl (C=O) groups is 2. The molecule has 3 aromatic rings. The summed E-state index contributed by atoms with van der Waals surface area (Å²) < 4.78 is 28.9. The van der Waals surface area contributed by atoms with Gasteiger partial charge in [0, 0.05) is 43.7 Å². The lowest BCUT2D eigenvalue weighted by Crippen LogP contribution is -2.53. The standard InChI is InChI=1S/C37H48N4O8S/c1-26(2)23-24-40(50(48,49)32-21-19-30(20-22-32)41(46)47)31(25-42)15-10-16-33(27-17-18-27)38-36(43)35(39(3)37(44)45)34(28-11-6-4-7-12-28)29-13-8-5-9-14-29/h4-9,11-14,19-22,26-27,31,33-35,42H,10,15-18,23-25H2,1-3H3,(H,38,43)(H,44,45)/t31-,33+,35-/m0/s1. The van der Waals surface area contributed by atoms with Gasteiger partial charge in [-0.05, 0) is 73.6 Å². The summed E-state index contributed by atoms with van der Waals surface area (Å²) in [5.41, 5.74) is 1.38. The van der Waals surface area contributed by atoms with E-state index in [2.05, 4.69) is 5.32 Å². The normalized spacial score (nSPS) is 15.1. The van der Waals surface area contributed by atoms with Gasteiger partial charge in [0.15, 0.2) is 0 Å². The Kier molecular flexibility index (Phi) is 13.5. The number of aliphatic hydroxyl groups excluding tert-OH is 1. The summed E-state index contributed by atoms with van der Waals surface area (Å²) >= 11 is 0. The highest BCUT2D eigenvalue weighted by molar-refractivity contribution is 7.89. The second-order valence-electron chi connectivity index (χ2n) is 13.4. The molecule has 13 heteroatoms. The molecule has 2 amide bonds. The van der Waals surface area contributed by atoms with E-state index in [0.717, 1.165) is 41.0 Å². The number of nitrogens with one attached hydrogen (secondary N) is 1. The number of carboxylic acid groups (broad SMARTS) is 1. The molecular formula is C37H48N4O8S. The van der Waals surface area contributed by atoms with Crippen molar-refractivity contribution in [1.29, 1.82) is 0 Å². The highest BCUT2D eigenvalue weighted by atomic mass is 32.2. The highest BCUT2D eigenvalue weighted by Gasteiger charge is 2.40. The predicted molar refractivity (Wildman–Crippen MR) is 190 cm³/mol. The Morgan fingerprint density at radius 1 is 0.920 bits per heavy atom. The summed E-state index contributed by atoms with van der Waals surface area (Å²) in [7, 11) is -2.69. The van der Waals surface area contributed by atoms with Crippen LogP contribution in [0.2, 0.25) is 0 Å². The molecule has 3 atom stereocenters. The fourth-order valence-corrected chi connectivity index (χ4v) is 8.06. The fourth-order valence-electron chi connectivity index (χ4n) is 6.40. The van der Waals surface area contributed by atoms with E-state index < -0.39 is 51.6 Å². The summed E-state index contributed by atoms with van der Waals surface area (Å²) in [5.74, 6) is -0.597. The zero-order chi connectivity index (χ0) is 36.4. The number of aliphatic hydroxyl groups is 1. The summed E-state index contributed by atoms with van der Waals surface area (Å²) in [6.07, 6.45) is 2.44. The quantitative estimate of drug-likeness (QED) is 0.103. The summed E-state index contributed by atoms with van der Waals surface area (Å²) in [4.78, 5) is 38.1. The maximum Gasteiger partial charge on any atom is 0.407 e. The van der Waals surface area contributed by atoms with Gasteiger partial charge in [0.05, 0.1) is 16.4 Å². The molecule has 0 spiro atoms. The van der Waals surface area contributed by atoms with E-state index in [0.29, 0.717) is 25.7 Å². The van der Waals surface area contributed by atoms with Crippen molar-refractivity contribution < 1.29 is 33.1 Å². The third-order valence-electron chi connectivity index (χ3n) is 9.39. The topological polar surface area (TPSA) is 170 Å². The Morgan fingerprint density at radius 2 is 1.48 bits per heavy atom. The number of benzene rings is 3. The number of non-ortho nitro benzene ring substituents is 1. The van der Waals surface area contributed by atoms with Crippen LogP contribution in [0.5, 0.6) is 0 Å². The van der Waals surface area contributed by atoms with Crippen molar-refractivity contribution in [3.63, 3.8) is 0 Å². The van der Waals surface area contributed by atoms with Crippen LogP contribution in [-0.4, -0.2) is 83.1 Å². The number of likely N-dealkylation sites (N-methyl/N-ethyl adjacent to an activating group) is 1. The van der Waals surface area contributed by atoms with E-state index in [4.69, 9.17) is 0 Å². The minimum Gasteiger partial charge on any atom is -0.465 e. The van der Waals surface area contributed by atoms with Crippen molar-refractivity contribution in [2.45, 2.75) is 81.3 Å². The molecule has 3 N–H and O–H groups in total. The van der Waals surface area contributed by atoms with Gasteiger partial charge in [-0.1, -0.05) is 74.5 Å². The maximum atomic E-state index is 14.2. The Bertz CT molecular complexity index is 1630. The Labute approximate surface area is 294 Å². The molecule has 0 bridgehead atoms. The lowest BCUT2D eigenvalue weighted by atomic mass is 9.83. The van der Waals surface area contributed by atoms with E-state index in [9.17, 15) is 38.3 Å². The first-order chi connectivity index (χ1) is 23.8. The molecular weight excluding hydrogens is 660 g/mol. The Hall–Kier alpha value is -4.33. The first-order valence-electron chi connectivity index (χ1n) is 17.1. The predicted octanol–water partition coefficient (Wildman–Crippen LogP) is 5.87. The number of nitro groups is 1. The third kappa shape index (κ3) is 9.89. The molecule has 0 unspecified atom stereocenters. The highest BCUT2D eigenvalue weighted by Crippen LogP contribution is 2.37. The van der Waals surface area contributed by atoms with Crippen molar-refractivity contribution in [3.8, 4) is 0 Å².